The number of pyridine rings is 1. The van der Waals surface area contributed by atoms with Gasteiger partial charge in [-0.05, 0) is 12.5 Å². The molecule has 1 aromatic heterocycles. The number of aromatic nitrogens is 1. The molecule has 1 N–H and O–H groups in total. The van der Waals surface area contributed by atoms with Crippen molar-refractivity contribution < 1.29 is 4.79 Å². The van der Waals surface area contributed by atoms with E-state index in [4.69, 9.17) is 11.6 Å². The van der Waals surface area contributed by atoms with E-state index < -0.39 is 0 Å². The van der Waals surface area contributed by atoms with Crippen LogP contribution >= 0.6 is 11.6 Å². The molecule has 0 saturated carbocycles. The quantitative estimate of drug-likeness (QED) is 0.849. The SMILES string of the molecule is CCCC(=O)c1cnc(N2CCNCC2)c(Cl)c1. The smallest absolute Gasteiger partial charge is 0.164 e. The molecule has 0 bridgehead atoms. The van der Waals surface area contributed by atoms with E-state index >= 15 is 0 Å². The van der Waals surface area contributed by atoms with E-state index in [0.717, 1.165) is 38.4 Å². The molecule has 2 rings (SSSR count). The van der Waals surface area contributed by atoms with Crippen molar-refractivity contribution in [3.63, 3.8) is 0 Å². The van der Waals surface area contributed by atoms with Crippen LogP contribution < -0.4 is 10.2 Å². The Hall–Kier alpha value is -1.13. The second kappa shape index (κ2) is 6.16. The number of piperazine rings is 1. The van der Waals surface area contributed by atoms with E-state index in [9.17, 15) is 4.79 Å². The van der Waals surface area contributed by atoms with Crippen LogP contribution in [0.4, 0.5) is 5.82 Å². The summed E-state index contributed by atoms with van der Waals surface area (Å²) in [6.45, 7) is 5.66. The minimum absolute atomic E-state index is 0.110. The largest absolute Gasteiger partial charge is 0.353 e. The lowest BCUT2D eigenvalue weighted by Gasteiger charge is -2.29. The molecule has 1 aliphatic heterocycles. The fourth-order valence-corrected chi connectivity index (χ4v) is 2.35. The standard InChI is InChI=1S/C13H18ClN3O/c1-2-3-12(18)10-8-11(14)13(16-9-10)17-6-4-15-5-7-17/h8-9,15H,2-7H2,1H3. The Morgan fingerprint density at radius 1 is 1.50 bits per heavy atom. The number of nitrogens with zero attached hydrogens (tertiary/aromatic N) is 2. The first-order valence-corrected chi connectivity index (χ1v) is 6.74. The van der Waals surface area contributed by atoms with Crippen molar-refractivity contribution in [3.05, 3.63) is 22.8 Å². The predicted molar refractivity (Wildman–Crippen MR) is 73.6 cm³/mol. The van der Waals surface area contributed by atoms with Crippen molar-refractivity contribution in [2.24, 2.45) is 0 Å². The zero-order valence-corrected chi connectivity index (χ0v) is 11.3. The topological polar surface area (TPSA) is 45.2 Å². The summed E-state index contributed by atoms with van der Waals surface area (Å²) in [4.78, 5) is 18.3. The summed E-state index contributed by atoms with van der Waals surface area (Å²) in [7, 11) is 0. The highest BCUT2D eigenvalue weighted by Gasteiger charge is 2.16. The molecule has 0 amide bonds. The molecule has 98 valence electrons. The molecule has 2 heterocycles. The third-order valence-corrected chi connectivity index (χ3v) is 3.32. The average Bonchev–Trinajstić information content (AvgIpc) is 2.40. The molecule has 4 nitrogen and oxygen atoms in total. The van der Waals surface area contributed by atoms with E-state index in [-0.39, 0.29) is 5.78 Å². The summed E-state index contributed by atoms with van der Waals surface area (Å²) in [5, 5.41) is 3.85. The molecular formula is C13H18ClN3O. The van der Waals surface area contributed by atoms with Crippen molar-refractivity contribution in [3.8, 4) is 0 Å². The fraction of sp³-hybridized carbons (Fsp3) is 0.538. The molecule has 18 heavy (non-hydrogen) atoms. The lowest BCUT2D eigenvalue weighted by atomic mass is 10.1. The maximum absolute atomic E-state index is 11.8. The summed E-state index contributed by atoms with van der Waals surface area (Å²) < 4.78 is 0. The van der Waals surface area contributed by atoms with Gasteiger partial charge in [-0.3, -0.25) is 4.79 Å². The first-order valence-electron chi connectivity index (χ1n) is 6.36. The highest BCUT2D eigenvalue weighted by Crippen LogP contribution is 2.24. The Bertz CT molecular complexity index is 430. The lowest BCUT2D eigenvalue weighted by molar-refractivity contribution is 0.0981. The van der Waals surface area contributed by atoms with Crippen LogP contribution in [0.25, 0.3) is 0 Å². The number of halogens is 1. The lowest BCUT2D eigenvalue weighted by Crippen LogP contribution is -2.44. The summed E-state index contributed by atoms with van der Waals surface area (Å²) >= 11 is 6.23. The third-order valence-electron chi connectivity index (χ3n) is 3.04. The Kier molecular flexibility index (Phi) is 4.55. The Balaban J connectivity index is 2.16. The summed E-state index contributed by atoms with van der Waals surface area (Å²) in [6.07, 6.45) is 3.03. The number of carbonyl (C=O) groups is 1. The number of hydrogen-bond donors (Lipinski definition) is 1. The summed E-state index contributed by atoms with van der Waals surface area (Å²) in [6, 6.07) is 1.74. The zero-order chi connectivity index (χ0) is 13.0. The Morgan fingerprint density at radius 2 is 2.22 bits per heavy atom. The normalized spacial score (nSPS) is 15.8. The fourth-order valence-electron chi connectivity index (χ4n) is 2.06. The molecule has 5 heteroatoms. The number of ketones is 1. The highest BCUT2D eigenvalue weighted by molar-refractivity contribution is 6.33. The molecule has 1 fully saturated rings. The maximum atomic E-state index is 11.8. The predicted octanol–water partition coefficient (Wildman–Crippen LogP) is 2.13. The molecule has 1 aliphatic rings. The van der Waals surface area contributed by atoms with Gasteiger partial charge in [-0.25, -0.2) is 4.98 Å². The van der Waals surface area contributed by atoms with E-state index in [1.54, 1.807) is 12.3 Å². The van der Waals surface area contributed by atoms with E-state index in [0.29, 0.717) is 17.0 Å². The maximum Gasteiger partial charge on any atom is 0.164 e. The van der Waals surface area contributed by atoms with Crippen LogP contribution in [0.5, 0.6) is 0 Å². The minimum Gasteiger partial charge on any atom is -0.353 e. The number of rotatable bonds is 4. The second-order valence-corrected chi connectivity index (χ2v) is 4.85. The van der Waals surface area contributed by atoms with Gasteiger partial charge in [0, 0.05) is 44.4 Å². The van der Waals surface area contributed by atoms with Gasteiger partial charge in [0.1, 0.15) is 5.82 Å². The van der Waals surface area contributed by atoms with Gasteiger partial charge in [0.15, 0.2) is 5.78 Å². The number of hydrogen-bond acceptors (Lipinski definition) is 4. The first kappa shape index (κ1) is 13.3. The van der Waals surface area contributed by atoms with Gasteiger partial charge >= 0.3 is 0 Å². The Morgan fingerprint density at radius 3 is 2.83 bits per heavy atom. The van der Waals surface area contributed by atoms with Crippen LogP contribution in [0.15, 0.2) is 12.3 Å². The summed E-state index contributed by atoms with van der Waals surface area (Å²) in [5.41, 5.74) is 0.612. The molecule has 1 saturated heterocycles. The molecule has 0 aromatic carbocycles. The second-order valence-electron chi connectivity index (χ2n) is 4.44. The van der Waals surface area contributed by atoms with Crippen molar-refractivity contribution in [1.29, 1.82) is 0 Å². The number of Topliss-reactive ketones (excluding diaryl/α,β-unsaturated/α-hetero) is 1. The van der Waals surface area contributed by atoms with Gasteiger partial charge in [0.25, 0.3) is 0 Å². The van der Waals surface area contributed by atoms with Crippen molar-refractivity contribution in [2.45, 2.75) is 19.8 Å². The molecule has 1 aromatic rings. The van der Waals surface area contributed by atoms with E-state index in [1.165, 1.54) is 0 Å². The van der Waals surface area contributed by atoms with E-state index in [2.05, 4.69) is 15.2 Å². The summed E-state index contributed by atoms with van der Waals surface area (Å²) in [5.74, 6) is 0.893. The number of anilines is 1. The zero-order valence-electron chi connectivity index (χ0n) is 10.6. The van der Waals surface area contributed by atoms with Crippen molar-refractivity contribution in [1.82, 2.24) is 10.3 Å². The van der Waals surface area contributed by atoms with Gasteiger partial charge in [-0.1, -0.05) is 18.5 Å². The molecule has 0 aliphatic carbocycles. The van der Waals surface area contributed by atoms with E-state index in [1.807, 2.05) is 6.92 Å². The van der Waals surface area contributed by atoms with Gasteiger partial charge in [0.2, 0.25) is 0 Å². The highest BCUT2D eigenvalue weighted by atomic mass is 35.5. The van der Waals surface area contributed by atoms with Crippen LogP contribution in [-0.4, -0.2) is 36.9 Å². The van der Waals surface area contributed by atoms with Crippen LogP contribution in [0.3, 0.4) is 0 Å². The van der Waals surface area contributed by atoms with Gasteiger partial charge in [-0.15, -0.1) is 0 Å². The third kappa shape index (κ3) is 3.00. The molecule has 0 radical (unpaired) electrons. The van der Waals surface area contributed by atoms with Gasteiger partial charge in [-0.2, -0.15) is 0 Å². The monoisotopic (exact) mass is 267 g/mol. The van der Waals surface area contributed by atoms with Gasteiger partial charge in [0.05, 0.1) is 5.02 Å². The molecule has 0 spiro atoms. The van der Waals surface area contributed by atoms with Crippen LogP contribution in [-0.2, 0) is 0 Å². The Labute approximate surface area is 112 Å². The number of carbonyl (C=O) groups excluding carboxylic acids is 1. The van der Waals surface area contributed by atoms with Crippen molar-refractivity contribution >= 4 is 23.2 Å². The average molecular weight is 268 g/mol. The first-order chi connectivity index (χ1) is 8.72. The van der Waals surface area contributed by atoms with Crippen LogP contribution in [0.1, 0.15) is 30.1 Å². The molecule has 0 atom stereocenters. The van der Waals surface area contributed by atoms with Gasteiger partial charge < -0.3 is 10.2 Å². The molecule has 0 unspecified atom stereocenters. The van der Waals surface area contributed by atoms with Crippen LogP contribution in [0, 0.1) is 0 Å². The van der Waals surface area contributed by atoms with Crippen LogP contribution in [0.2, 0.25) is 5.02 Å². The minimum atomic E-state index is 0.110. The molecular weight excluding hydrogens is 250 g/mol. The number of nitrogens with one attached hydrogen (secondary N) is 1. The van der Waals surface area contributed by atoms with Crippen molar-refractivity contribution in [2.75, 3.05) is 31.1 Å².